The van der Waals surface area contributed by atoms with Crippen molar-refractivity contribution in [3.63, 3.8) is 0 Å². The number of amides is 1. The highest BCUT2D eigenvalue weighted by molar-refractivity contribution is 7.09. The van der Waals surface area contributed by atoms with Crippen LogP contribution in [0.1, 0.15) is 44.3 Å². The van der Waals surface area contributed by atoms with E-state index in [0.717, 1.165) is 62.7 Å². The lowest BCUT2D eigenvalue weighted by Crippen LogP contribution is -2.40. The summed E-state index contributed by atoms with van der Waals surface area (Å²) >= 11 is 1.42. The zero-order valence-electron chi connectivity index (χ0n) is 13.1. The Morgan fingerprint density at radius 1 is 1.23 bits per heavy atom. The van der Waals surface area contributed by atoms with Crippen molar-refractivity contribution in [2.75, 3.05) is 31.1 Å². The average Bonchev–Trinajstić information content (AvgIpc) is 3.00. The SMILES string of the molecule is Cc1nsc(N2CCCN(C(=O)CC3(O)CCCC3)CC2)n1. The fourth-order valence-electron chi connectivity index (χ4n) is 3.38. The van der Waals surface area contributed by atoms with Gasteiger partial charge in [0.05, 0.1) is 12.0 Å². The topological polar surface area (TPSA) is 69.6 Å². The van der Waals surface area contributed by atoms with Gasteiger partial charge in [-0.05, 0) is 26.2 Å². The van der Waals surface area contributed by atoms with Crippen LogP contribution in [0, 0.1) is 6.92 Å². The second-order valence-electron chi connectivity index (χ2n) is 6.45. The predicted octanol–water partition coefficient (Wildman–Crippen LogP) is 1.58. The Morgan fingerprint density at radius 3 is 2.68 bits per heavy atom. The van der Waals surface area contributed by atoms with Crippen molar-refractivity contribution in [2.24, 2.45) is 0 Å². The molecule has 1 N–H and O–H groups in total. The van der Waals surface area contributed by atoms with E-state index >= 15 is 0 Å². The van der Waals surface area contributed by atoms with Gasteiger partial charge in [0, 0.05) is 37.7 Å². The third kappa shape index (κ3) is 3.57. The summed E-state index contributed by atoms with van der Waals surface area (Å²) in [4.78, 5) is 21.0. The molecule has 1 aromatic rings. The molecular weight excluding hydrogens is 300 g/mol. The quantitative estimate of drug-likeness (QED) is 0.914. The third-order valence-corrected chi connectivity index (χ3v) is 5.52. The fraction of sp³-hybridized carbons (Fsp3) is 0.800. The van der Waals surface area contributed by atoms with Crippen LogP contribution >= 0.6 is 11.5 Å². The minimum Gasteiger partial charge on any atom is -0.389 e. The minimum atomic E-state index is -0.751. The van der Waals surface area contributed by atoms with Gasteiger partial charge in [-0.3, -0.25) is 4.79 Å². The second-order valence-corrected chi connectivity index (χ2v) is 7.18. The minimum absolute atomic E-state index is 0.0969. The smallest absolute Gasteiger partial charge is 0.225 e. The summed E-state index contributed by atoms with van der Waals surface area (Å²) in [5.41, 5.74) is -0.751. The Kier molecular flexibility index (Phi) is 4.63. The zero-order valence-corrected chi connectivity index (χ0v) is 13.9. The predicted molar refractivity (Wildman–Crippen MR) is 86.1 cm³/mol. The molecule has 2 aliphatic rings. The van der Waals surface area contributed by atoms with Crippen LogP contribution in [-0.2, 0) is 4.79 Å². The van der Waals surface area contributed by atoms with E-state index in [2.05, 4.69) is 14.3 Å². The molecule has 3 rings (SSSR count). The first kappa shape index (κ1) is 15.7. The van der Waals surface area contributed by atoms with Crippen LogP contribution < -0.4 is 4.90 Å². The number of anilines is 1. The molecule has 22 heavy (non-hydrogen) atoms. The summed E-state index contributed by atoms with van der Waals surface area (Å²) < 4.78 is 4.23. The van der Waals surface area contributed by atoms with E-state index in [0.29, 0.717) is 6.54 Å². The molecule has 0 bridgehead atoms. The van der Waals surface area contributed by atoms with Crippen LogP contribution in [0.15, 0.2) is 0 Å². The number of aromatic nitrogens is 2. The Morgan fingerprint density at radius 2 is 2.00 bits per heavy atom. The van der Waals surface area contributed by atoms with E-state index in [1.54, 1.807) is 0 Å². The number of aliphatic hydroxyl groups is 1. The van der Waals surface area contributed by atoms with Crippen molar-refractivity contribution in [3.8, 4) is 0 Å². The van der Waals surface area contributed by atoms with Gasteiger partial charge in [-0.1, -0.05) is 12.8 Å². The summed E-state index contributed by atoms with van der Waals surface area (Å²) in [5.74, 6) is 0.903. The number of hydrogen-bond donors (Lipinski definition) is 1. The summed E-state index contributed by atoms with van der Waals surface area (Å²) in [5, 5.41) is 11.4. The van der Waals surface area contributed by atoms with E-state index in [1.165, 1.54) is 11.5 Å². The maximum absolute atomic E-state index is 12.5. The highest BCUT2D eigenvalue weighted by Gasteiger charge is 2.35. The van der Waals surface area contributed by atoms with E-state index < -0.39 is 5.60 Å². The second kappa shape index (κ2) is 6.50. The summed E-state index contributed by atoms with van der Waals surface area (Å²) in [6.07, 6.45) is 4.82. The molecule has 0 aromatic carbocycles. The number of carbonyl (C=O) groups excluding carboxylic acids is 1. The van der Waals surface area contributed by atoms with Crippen LogP contribution in [0.3, 0.4) is 0 Å². The number of hydrogen-bond acceptors (Lipinski definition) is 6. The number of rotatable bonds is 3. The molecule has 1 saturated carbocycles. The molecule has 2 heterocycles. The van der Waals surface area contributed by atoms with Gasteiger partial charge in [-0.25, -0.2) is 4.98 Å². The first-order chi connectivity index (χ1) is 10.6. The fourth-order valence-corrected chi connectivity index (χ4v) is 4.10. The number of aryl methyl sites for hydroxylation is 1. The average molecular weight is 324 g/mol. The van der Waals surface area contributed by atoms with Gasteiger partial charge in [0.1, 0.15) is 5.82 Å². The van der Waals surface area contributed by atoms with Gasteiger partial charge >= 0.3 is 0 Å². The van der Waals surface area contributed by atoms with Crippen molar-refractivity contribution in [1.29, 1.82) is 0 Å². The Hall–Kier alpha value is -1.21. The molecule has 0 radical (unpaired) electrons. The molecule has 1 saturated heterocycles. The number of nitrogens with zero attached hydrogens (tertiary/aromatic N) is 4. The van der Waals surface area contributed by atoms with Gasteiger partial charge in [0.2, 0.25) is 11.0 Å². The van der Waals surface area contributed by atoms with Crippen molar-refractivity contribution < 1.29 is 9.90 Å². The zero-order chi connectivity index (χ0) is 15.6. The van der Waals surface area contributed by atoms with Crippen LogP contribution in [0.5, 0.6) is 0 Å². The lowest BCUT2D eigenvalue weighted by Gasteiger charge is -2.27. The van der Waals surface area contributed by atoms with Crippen molar-refractivity contribution >= 4 is 22.6 Å². The van der Waals surface area contributed by atoms with Crippen molar-refractivity contribution in [1.82, 2.24) is 14.3 Å². The van der Waals surface area contributed by atoms with Crippen LogP contribution in [0.25, 0.3) is 0 Å². The maximum atomic E-state index is 12.5. The Balaban J connectivity index is 1.56. The first-order valence-corrected chi connectivity index (χ1v) is 8.88. The molecule has 0 spiro atoms. The van der Waals surface area contributed by atoms with Gasteiger partial charge < -0.3 is 14.9 Å². The van der Waals surface area contributed by atoms with Crippen LogP contribution in [0.4, 0.5) is 5.13 Å². The largest absolute Gasteiger partial charge is 0.389 e. The molecule has 7 heteroatoms. The summed E-state index contributed by atoms with van der Waals surface area (Å²) in [7, 11) is 0. The molecule has 122 valence electrons. The highest BCUT2D eigenvalue weighted by atomic mass is 32.1. The third-order valence-electron chi connectivity index (χ3n) is 4.65. The standard InChI is InChI=1S/C15H24N4O2S/c1-12-16-14(22-17-12)19-8-4-7-18(9-10-19)13(20)11-15(21)5-2-3-6-15/h21H,2-11H2,1H3. The molecule has 1 amide bonds. The molecule has 1 aliphatic carbocycles. The van der Waals surface area contributed by atoms with Crippen LogP contribution in [0.2, 0.25) is 0 Å². The van der Waals surface area contributed by atoms with Gasteiger partial charge in [0.25, 0.3) is 0 Å². The molecular formula is C15H24N4O2S. The van der Waals surface area contributed by atoms with Crippen LogP contribution in [-0.4, -0.2) is 57.1 Å². The van der Waals surface area contributed by atoms with E-state index in [4.69, 9.17) is 0 Å². The monoisotopic (exact) mass is 324 g/mol. The Bertz CT molecular complexity index is 527. The number of carbonyl (C=O) groups is 1. The Labute approximate surface area is 135 Å². The van der Waals surface area contributed by atoms with Crippen molar-refractivity contribution in [2.45, 2.75) is 51.0 Å². The molecule has 0 atom stereocenters. The summed E-state index contributed by atoms with van der Waals surface area (Å²) in [6, 6.07) is 0. The van der Waals surface area contributed by atoms with Gasteiger partial charge in [-0.2, -0.15) is 4.37 Å². The molecule has 0 unspecified atom stereocenters. The van der Waals surface area contributed by atoms with E-state index in [-0.39, 0.29) is 12.3 Å². The lowest BCUT2D eigenvalue weighted by atomic mass is 9.97. The van der Waals surface area contributed by atoms with E-state index in [9.17, 15) is 9.90 Å². The molecule has 6 nitrogen and oxygen atoms in total. The lowest BCUT2D eigenvalue weighted by molar-refractivity contribution is -0.136. The highest BCUT2D eigenvalue weighted by Crippen LogP contribution is 2.33. The summed E-state index contributed by atoms with van der Waals surface area (Å²) in [6.45, 7) is 5.06. The van der Waals surface area contributed by atoms with E-state index in [1.807, 2.05) is 11.8 Å². The van der Waals surface area contributed by atoms with Gasteiger partial charge in [-0.15, -0.1) is 0 Å². The normalized spacial score (nSPS) is 21.9. The maximum Gasteiger partial charge on any atom is 0.225 e. The molecule has 1 aliphatic heterocycles. The molecule has 1 aromatic heterocycles. The first-order valence-electron chi connectivity index (χ1n) is 8.11. The molecule has 2 fully saturated rings. The van der Waals surface area contributed by atoms with Crippen molar-refractivity contribution in [3.05, 3.63) is 5.82 Å². The van der Waals surface area contributed by atoms with Gasteiger partial charge in [0.15, 0.2) is 0 Å².